The summed E-state index contributed by atoms with van der Waals surface area (Å²) in [5.41, 5.74) is 7.44. The smallest absolute Gasteiger partial charge is 0.234 e. The number of halogens is 1. The molecule has 0 bridgehead atoms. The summed E-state index contributed by atoms with van der Waals surface area (Å²) >= 11 is 6.08. The Balaban J connectivity index is 2.11. The van der Waals surface area contributed by atoms with Crippen molar-refractivity contribution in [3.05, 3.63) is 28.8 Å². The van der Waals surface area contributed by atoms with Gasteiger partial charge in [0, 0.05) is 35.9 Å². The standard InChI is InChI=1S/C11H14ClN3O/c12-9-2-1-3-10(13)8(9)6-15-5-4-14-11(16)7-15/h1-3H,4-7,13H2,(H,14,16). The number of carbonyl (C=O) groups excluding carboxylic acids is 1. The lowest BCUT2D eigenvalue weighted by Crippen LogP contribution is -2.47. The topological polar surface area (TPSA) is 58.4 Å². The van der Waals surface area contributed by atoms with Gasteiger partial charge in [0.05, 0.1) is 6.54 Å². The highest BCUT2D eigenvalue weighted by atomic mass is 35.5. The summed E-state index contributed by atoms with van der Waals surface area (Å²) in [6.07, 6.45) is 0. The monoisotopic (exact) mass is 239 g/mol. The van der Waals surface area contributed by atoms with E-state index in [2.05, 4.69) is 5.32 Å². The summed E-state index contributed by atoms with van der Waals surface area (Å²) in [5, 5.41) is 3.44. The zero-order valence-corrected chi connectivity index (χ0v) is 9.63. The van der Waals surface area contributed by atoms with Gasteiger partial charge in [-0.3, -0.25) is 9.69 Å². The molecular formula is C11H14ClN3O. The Labute approximate surface area is 99.4 Å². The molecule has 16 heavy (non-hydrogen) atoms. The largest absolute Gasteiger partial charge is 0.398 e. The SMILES string of the molecule is Nc1cccc(Cl)c1CN1CCNC(=O)C1. The van der Waals surface area contributed by atoms with Crippen LogP contribution in [0.4, 0.5) is 5.69 Å². The first-order valence-corrected chi connectivity index (χ1v) is 5.56. The highest BCUT2D eigenvalue weighted by Crippen LogP contribution is 2.23. The summed E-state index contributed by atoms with van der Waals surface area (Å²) in [6.45, 7) is 2.54. The molecule has 0 saturated carbocycles. The van der Waals surface area contributed by atoms with Crippen molar-refractivity contribution in [2.75, 3.05) is 25.4 Å². The minimum absolute atomic E-state index is 0.0527. The minimum Gasteiger partial charge on any atom is -0.398 e. The van der Waals surface area contributed by atoms with E-state index in [0.29, 0.717) is 30.3 Å². The molecule has 1 heterocycles. The summed E-state index contributed by atoms with van der Waals surface area (Å²) in [5.74, 6) is 0.0527. The summed E-state index contributed by atoms with van der Waals surface area (Å²) in [4.78, 5) is 13.3. The molecule has 5 heteroatoms. The zero-order valence-electron chi connectivity index (χ0n) is 8.87. The van der Waals surface area contributed by atoms with E-state index in [1.54, 1.807) is 0 Å². The van der Waals surface area contributed by atoms with E-state index in [1.165, 1.54) is 0 Å². The van der Waals surface area contributed by atoms with Crippen molar-refractivity contribution in [3.8, 4) is 0 Å². The molecule has 0 atom stereocenters. The van der Waals surface area contributed by atoms with Crippen LogP contribution in [0.5, 0.6) is 0 Å². The van der Waals surface area contributed by atoms with E-state index in [1.807, 2.05) is 23.1 Å². The number of anilines is 1. The number of nitrogens with two attached hydrogens (primary N) is 1. The van der Waals surface area contributed by atoms with E-state index >= 15 is 0 Å². The minimum atomic E-state index is 0.0527. The Kier molecular flexibility index (Phi) is 3.31. The van der Waals surface area contributed by atoms with Crippen LogP contribution in [0.2, 0.25) is 5.02 Å². The fourth-order valence-electron chi connectivity index (χ4n) is 1.79. The molecule has 4 nitrogen and oxygen atoms in total. The van der Waals surface area contributed by atoms with Gasteiger partial charge in [-0.15, -0.1) is 0 Å². The molecule has 0 aliphatic carbocycles. The van der Waals surface area contributed by atoms with Gasteiger partial charge in [0.1, 0.15) is 0 Å². The fraction of sp³-hybridized carbons (Fsp3) is 0.364. The molecule has 0 unspecified atom stereocenters. The Morgan fingerprint density at radius 3 is 3.00 bits per heavy atom. The van der Waals surface area contributed by atoms with Crippen LogP contribution in [0.1, 0.15) is 5.56 Å². The molecule has 0 radical (unpaired) electrons. The van der Waals surface area contributed by atoms with Crippen molar-refractivity contribution in [2.45, 2.75) is 6.54 Å². The van der Waals surface area contributed by atoms with E-state index in [-0.39, 0.29) is 5.91 Å². The van der Waals surface area contributed by atoms with Crippen LogP contribution >= 0.6 is 11.6 Å². The van der Waals surface area contributed by atoms with E-state index in [4.69, 9.17) is 17.3 Å². The van der Waals surface area contributed by atoms with E-state index in [0.717, 1.165) is 12.1 Å². The maximum Gasteiger partial charge on any atom is 0.234 e. The van der Waals surface area contributed by atoms with Crippen molar-refractivity contribution in [1.82, 2.24) is 10.2 Å². The number of piperazine rings is 1. The Hall–Kier alpha value is -1.26. The molecule has 0 spiro atoms. The van der Waals surface area contributed by atoms with Crippen molar-refractivity contribution in [1.29, 1.82) is 0 Å². The fourth-order valence-corrected chi connectivity index (χ4v) is 2.03. The van der Waals surface area contributed by atoms with Gasteiger partial charge in [0.15, 0.2) is 0 Å². The van der Waals surface area contributed by atoms with Gasteiger partial charge in [0.25, 0.3) is 0 Å². The van der Waals surface area contributed by atoms with Gasteiger partial charge >= 0.3 is 0 Å². The molecule has 0 aromatic heterocycles. The molecular weight excluding hydrogens is 226 g/mol. The molecule has 2 rings (SSSR count). The van der Waals surface area contributed by atoms with Crippen LogP contribution < -0.4 is 11.1 Å². The highest BCUT2D eigenvalue weighted by molar-refractivity contribution is 6.31. The average Bonchev–Trinajstić information content (AvgIpc) is 2.24. The third-order valence-corrected chi connectivity index (χ3v) is 3.01. The first-order chi connectivity index (χ1) is 7.66. The summed E-state index contributed by atoms with van der Waals surface area (Å²) in [7, 11) is 0. The van der Waals surface area contributed by atoms with Gasteiger partial charge in [-0.2, -0.15) is 0 Å². The number of amides is 1. The predicted molar refractivity (Wildman–Crippen MR) is 64.2 cm³/mol. The molecule has 1 saturated heterocycles. The Morgan fingerprint density at radius 1 is 1.50 bits per heavy atom. The predicted octanol–water partition coefficient (Wildman–Crippen LogP) is 0.854. The van der Waals surface area contributed by atoms with Crippen molar-refractivity contribution < 1.29 is 4.79 Å². The van der Waals surface area contributed by atoms with Crippen molar-refractivity contribution in [2.24, 2.45) is 0 Å². The normalized spacial score (nSPS) is 17.2. The number of hydrogen-bond donors (Lipinski definition) is 2. The second-order valence-corrected chi connectivity index (χ2v) is 4.28. The van der Waals surface area contributed by atoms with Crippen LogP contribution in [0.25, 0.3) is 0 Å². The molecule has 1 aromatic carbocycles. The molecule has 3 N–H and O–H groups in total. The third kappa shape index (κ3) is 2.46. The second kappa shape index (κ2) is 4.72. The number of carbonyl (C=O) groups is 1. The maximum absolute atomic E-state index is 11.2. The van der Waals surface area contributed by atoms with Crippen molar-refractivity contribution in [3.63, 3.8) is 0 Å². The quantitative estimate of drug-likeness (QED) is 0.753. The molecule has 1 fully saturated rings. The van der Waals surface area contributed by atoms with Gasteiger partial charge in [-0.05, 0) is 12.1 Å². The van der Waals surface area contributed by atoms with Gasteiger partial charge < -0.3 is 11.1 Å². The van der Waals surface area contributed by atoms with Crippen LogP contribution in [0.15, 0.2) is 18.2 Å². The Bertz CT molecular complexity index is 388. The number of hydrogen-bond acceptors (Lipinski definition) is 3. The van der Waals surface area contributed by atoms with E-state index < -0.39 is 0 Å². The lowest BCUT2D eigenvalue weighted by molar-refractivity contribution is -0.124. The van der Waals surface area contributed by atoms with Gasteiger partial charge in [-0.25, -0.2) is 0 Å². The van der Waals surface area contributed by atoms with Crippen LogP contribution in [-0.2, 0) is 11.3 Å². The molecule has 1 aliphatic heterocycles. The number of rotatable bonds is 2. The van der Waals surface area contributed by atoms with Gasteiger partial charge in [-0.1, -0.05) is 17.7 Å². The molecule has 1 aliphatic rings. The third-order valence-electron chi connectivity index (χ3n) is 2.65. The number of nitrogens with one attached hydrogen (secondary N) is 1. The number of benzene rings is 1. The lowest BCUT2D eigenvalue weighted by atomic mass is 10.1. The zero-order chi connectivity index (χ0) is 11.5. The number of nitrogen functional groups attached to an aromatic ring is 1. The highest BCUT2D eigenvalue weighted by Gasteiger charge is 2.17. The lowest BCUT2D eigenvalue weighted by Gasteiger charge is -2.27. The van der Waals surface area contributed by atoms with Crippen LogP contribution in [-0.4, -0.2) is 30.4 Å². The van der Waals surface area contributed by atoms with Crippen LogP contribution in [0, 0.1) is 0 Å². The van der Waals surface area contributed by atoms with E-state index in [9.17, 15) is 4.79 Å². The Morgan fingerprint density at radius 2 is 2.31 bits per heavy atom. The molecule has 1 amide bonds. The first-order valence-electron chi connectivity index (χ1n) is 5.19. The number of nitrogens with zero attached hydrogens (tertiary/aromatic N) is 1. The van der Waals surface area contributed by atoms with Gasteiger partial charge in [0.2, 0.25) is 5.91 Å². The molecule has 86 valence electrons. The van der Waals surface area contributed by atoms with Crippen LogP contribution in [0.3, 0.4) is 0 Å². The molecule has 1 aromatic rings. The van der Waals surface area contributed by atoms with Crippen molar-refractivity contribution >= 4 is 23.2 Å². The summed E-state index contributed by atoms with van der Waals surface area (Å²) < 4.78 is 0. The average molecular weight is 240 g/mol. The summed E-state index contributed by atoms with van der Waals surface area (Å²) in [6, 6.07) is 5.46. The maximum atomic E-state index is 11.2. The second-order valence-electron chi connectivity index (χ2n) is 3.87. The first kappa shape index (κ1) is 11.2.